The number of likely N-dealkylation sites (N-methyl/N-ethyl adjacent to an activating group) is 2. The third kappa shape index (κ3) is 11.0. The van der Waals surface area contributed by atoms with Crippen molar-refractivity contribution in [3.8, 4) is 11.1 Å². The number of aromatic nitrogens is 8. The van der Waals surface area contributed by atoms with Crippen LogP contribution in [-0.4, -0.2) is 163 Å². The Morgan fingerprint density at radius 1 is 0.514 bits per heavy atom. The molecule has 10 heterocycles. The first kappa shape index (κ1) is 49.5. The Morgan fingerprint density at radius 2 is 0.986 bits per heavy atom. The number of rotatable bonds is 7. The molecule has 0 unspecified atom stereocenters. The lowest BCUT2D eigenvalue weighted by atomic mass is 10.0. The third-order valence-corrected chi connectivity index (χ3v) is 15.2. The summed E-state index contributed by atoms with van der Waals surface area (Å²) in [6, 6.07) is 13.7. The van der Waals surface area contributed by atoms with Crippen molar-refractivity contribution in [1.82, 2.24) is 58.8 Å². The van der Waals surface area contributed by atoms with Crippen LogP contribution in [0.25, 0.3) is 44.2 Å². The van der Waals surface area contributed by atoms with Crippen LogP contribution in [-0.2, 0) is 0 Å². The molecule has 12 rings (SSSR count). The van der Waals surface area contributed by atoms with Crippen LogP contribution in [0.3, 0.4) is 0 Å². The summed E-state index contributed by atoms with van der Waals surface area (Å²) in [6.07, 6.45) is 14.7. The highest BCUT2D eigenvalue weighted by atomic mass is 35.5. The summed E-state index contributed by atoms with van der Waals surface area (Å²) in [4.78, 5) is 32.7. The van der Waals surface area contributed by atoms with E-state index >= 15 is 0 Å². The van der Waals surface area contributed by atoms with Gasteiger partial charge in [-0.05, 0) is 88.7 Å². The number of pyridine rings is 2. The molecule has 4 aliphatic heterocycles. The van der Waals surface area contributed by atoms with Crippen molar-refractivity contribution in [3.05, 3.63) is 120 Å². The summed E-state index contributed by atoms with van der Waals surface area (Å²) >= 11 is 5.85. The first-order valence-corrected chi connectivity index (χ1v) is 25.3. The van der Waals surface area contributed by atoms with Gasteiger partial charge in [0.1, 0.15) is 0 Å². The maximum Gasteiger partial charge on any atom is 0.263 e. The zero-order chi connectivity index (χ0) is 49.9. The lowest BCUT2D eigenvalue weighted by molar-refractivity contribution is 0.0982. The van der Waals surface area contributed by atoms with Crippen LogP contribution in [0.4, 0.5) is 28.9 Å². The van der Waals surface area contributed by atoms with Crippen LogP contribution >= 0.6 is 11.6 Å². The van der Waals surface area contributed by atoms with Crippen molar-refractivity contribution in [3.63, 3.8) is 0 Å². The van der Waals surface area contributed by atoms with Gasteiger partial charge < -0.3 is 19.6 Å². The van der Waals surface area contributed by atoms with Crippen LogP contribution < -0.4 is 9.80 Å². The van der Waals surface area contributed by atoms with E-state index in [4.69, 9.17) is 16.6 Å². The summed E-state index contributed by atoms with van der Waals surface area (Å²) in [7, 11) is 4.42. The van der Waals surface area contributed by atoms with E-state index in [1.807, 2.05) is 35.4 Å². The molecule has 0 spiro atoms. The van der Waals surface area contributed by atoms with Gasteiger partial charge in [-0.3, -0.25) is 19.8 Å². The monoisotopic (exact) mass is 1000 g/mol. The Morgan fingerprint density at radius 3 is 1.53 bits per heavy atom. The zero-order valence-electron chi connectivity index (χ0n) is 41.0. The summed E-state index contributed by atoms with van der Waals surface area (Å²) in [5.41, 5.74) is 7.91. The zero-order valence-corrected chi connectivity index (χ0v) is 41.8. The molecule has 0 amide bonds. The van der Waals surface area contributed by atoms with Crippen molar-refractivity contribution in [2.75, 3.05) is 102 Å². The molecular weight excluding hydrogens is 944 g/mol. The molecule has 6 aromatic heterocycles. The van der Waals surface area contributed by atoms with Gasteiger partial charge in [0.15, 0.2) is 11.3 Å². The van der Waals surface area contributed by atoms with Crippen LogP contribution in [0.5, 0.6) is 0 Å². The van der Waals surface area contributed by atoms with Crippen molar-refractivity contribution in [1.29, 1.82) is 0 Å². The maximum absolute atomic E-state index is 13.3. The minimum atomic E-state index is -2.53. The Kier molecular flexibility index (Phi) is 15.1. The number of fused-ring (bicyclic) bond motifs is 4. The van der Waals surface area contributed by atoms with Crippen molar-refractivity contribution in [2.24, 2.45) is 0 Å². The summed E-state index contributed by atoms with van der Waals surface area (Å²) < 4.78 is 55.1. The Bertz CT molecular complexity index is 3100. The second kappa shape index (κ2) is 22.0. The van der Waals surface area contributed by atoms with Crippen LogP contribution in [0.15, 0.2) is 98.1 Å². The lowest BCUT2D eigenvalue weighted by Crippen LogP contribution is -2.52. The van der Waals surface area contributed by atoms with Gasteiger partial charge in [0.05, 0.1) is 64.6 Å². The second-order valence-electron chi connectivity index (χ2n) is 19.5. The normalized spacial score (nSPS) is 18.4. The van der Waals surface area contributed by atoms with Gasteiger partial charge in [-0.25, -0.2) is 36.6 Å². The average Bonchev–Trinajstić information content (AvgIpc) is 4.01. The molecule has 4 fully saturated rings. The first-order valence-electron chi connectivity index (χ1n) is 24.9. The van der Waals surface area contributed by atoms with E-state index in [9.17, 15) is 17.6 Å². The predicted molar refractivity (Wildman–Crippen MR) is 277 cm³/mol. The third-order valence-electron chi connectivity index (χ3n) is 14.9. The topological polar surface area (TPSA) is 106 Å². The molecular formula is C53H61ClF4N14. The number of anilines is 2. The summed E-state index contributed by atoms with van der Waals surface area (Å²) in [6.45, 7) is 15.8. The summed E-state index contributed by atoms with van der Waals surface area (Å²) in [5.74, 6) is 0. The van der Waals surface area contributed by atoms with Gasteiger partial charge in [-0.15, -0.1) is 0 Å². The number of alkyl halides is 4. The van der Waals surface area contributed by atoms with E-state index in [1.165, 1.54) is 69.0 Å². The molecule has 0 N–H and O–H groups in total. The molecule has 72 heavy (non-hydrogen) atoms. The number of hydrogen-bond acceptors (Lipinski definition) is 12. The number of piperidine rings is 2. The van der Waals surface area contributed by atoms with Crippen molar-refractivity contribution >= 4 is 56.1 Å². The number of hydrogen-bond donors (Lipinski definition) is 0. The van der Waals surface area contributed by atoms with Gasteiger partial charge in [0.2, 0.25) is 0 Å². The van der Waals surface area contributed by atoms with E-state index in [0.29, 0.717) is 38.5 Å². The molecule has 19 heteroatoms. The minimum Gasteiger partial charge on any atom is -0.369 e. The maximum atomic E-state index is 13.3. The minimum absolute atomic E-state index is 0.0153. The Hall–Kier alpha value is -6.05. The fourth-order valence-corrected chi connectivity index (χ4v) is 10.7. The highest BCUT2D eigenvalue weighted by molar-refractivity contribution is 6.35. The first-order chi connectivity index (χ1) is 34.9. The van der Waals surface area contributed by atoms with Crippen LogP contribution in [0.1, 0.15) is 55.2 Å². The highest BCUT2D eigenvalue weighted by Gasteiger charge is 2.29. The standard InChI is InChI=1S/C26H29F2N7.C17H26N6.C10H6ClF2N/c1-32-10-12-34(13-11-32)19-5-8-33(9-6-19)20-15-30-26-23(16-31-35(26)17-20)21-4-7-29-24-3-2-18(25(27)28)14-22(21)24;1-14-11-19-23-13-16(12-18-17(14)23)21-5-3-15(4-6-21)22-9-7-20(2)8-10-22;11-8-3-4-14-9-2-1-6(10(12)13)5-7(8)9/h2-4,7,14-17,19,25H,5-6,8-13H2,1H3;11-13,15H,3-10H2,1-2H3;1-5,10H. The SMILES string of the molecule is CN1CCN(C2CCN(c3cnc4c(-c5ccnc6ccc(C(F)F)cc56)cnn4c3)CC2)CC1.Cc1cnn2cc(N3CCC(N4CCN(C)CC4)CC3)cnc12.FC(F)c1ccc2nccc(Cl)c2c1. The van der Waals surface area contributed by atoms with E-state index in [1.54, 1.807) is 41.3 Å². The van der Waals surface area contributed by atoms with Crippen LogP contribution in [0.2, 0.25) is 5.02 Å². The largest absolute Gasteiger partial charge is 0.369 e. The van der Waals surface area contributed by atoms with Gasteiger partial charge >= 0.3 is 0 Å². The highest BCUT2D eigenvalue weighted by Crippen LogP contribution is 2.34. The molecule has 4 aliphatic rings. The molecule has 8 aromatic rings. The molecule has 0 atom stereocenters. The van der Waals surface area contributed by atoms with Gasteiger partial charge in [0, 0.05) is 136 Å². The van der Waals surface area contributed by atoms with Crippen molar-refractivity contribution < 1.29 is 17.6 Å². The smallest absolute Gasteiger partial charge is 0.263 e. The Balaban J connectivity index is 0.000000138. The number of halogens is 5. The quantitative estimate of drug-likeness (QED) is 0.142. The number of benzene rings is 2. The molecule has 0 radical (unpaired) electrons. The van der Waals surface area contributed by atoms with Gasteiger partial charge in [-0.1, -0.05) is 23.7 Å². The molecule has 4 saturated heterocycles. The Labute approximate surface area is 421 Å². The average molecular weight is 1010 g/mol. The van der Waals surface area contributed by atoms with Gasteiger partial charge in [0.25, 0.3) is 12.9 Å². The van der Waals surface area contributed by atoms with Gasteiger partial charge in [-0.2, -0.15) is 10.2 Å². The summed E-state index contributed by atoms with van der Waals surface area (Å²) in [5, 5.41) is 10.6. The van der Waals surface area contributed by atoms with E-state index in [-0.39, 0.29) is 11.1 Å². The lowest BCUT2D eigenvalue weighted by Gasteiger charge is -2.42. The van der Waals surface area contributed by atoms with E-state index in [2.05, 4.69) is 81.8 Å². The number of aryl methyl sites for hydroxylation is 1. The molecule has 14 nitrogen and oxygen atoms in total. The van der Waals surface area contributed by atoms with Crippen LogP contribution in [0, 0.1) is 6.92 Å². The number of nitrogens with zero attached hydrogens (tertiary/aromatic N) is 14. The number of piperazine rings is 2. The predicted octanol–water partition coefficient (Wildman–Crippen LogP) is 9.18. The molecule has 0 aliphatic carbocycles. The van der Waals surface area contributed by atoms with E-state index in [0.717, 1.165) is 99.3 Å². The molecule has 0 saturated carbocycles. The van der Waals surface area contributed by atoms with Crippen molar-refractivity contribution in [2.45, 2.75) is 57.5 Å². The molecule has 378 valence electrons. The van der Waals surface area contributed by atoms with E-state index < -0.39 is 12.9 Å². The fourth-order valence-electron chi connectivity index (χ4n) is 10.5. The fraction of sp³-hybridized carbons (Fsp3) is 0.434. The molecule has 2 aromatic carbocycles. The molecule has 0 bridgehead atoms. The second-order valence-corrected chi connectivity index (χ2v) is 19.9.